The molecule has 6 heteroatoms. The topological polar surface area (TPSA) is 32.3 Å². The Kier molecular flexibility index (Phi) is 9.60. The predicted molar refractivity (Wildman–Crippen MR) is 97.7 cm³/mol. The fraction of sp³-hybridized carbons (Fsp3) is 0.588. The van der Waals surface area contributed by atoms with Crippen LogP contribution in [0.4, 0.5) is 4.39 Å². The maximum atomic E-state index is 13.8. The summed E-state index contributed by atoms with van der Waals surface area (Å²) in [4.78, 5) is 14.4. The van der Waals surface area contributed by atoms with Crippen LogP contribution in [0.2, 0.25) is 0 Å². The number of nitrogens with zero attached hydrogens (tertiary/aromatic N) is 1. The minimum absolute atomic E-state index is 0. The Labute approximate surface area is 148 Å². The molecule has 1 aliphatic heterocycles. The average molecular weight is 361 g/mol. The molecule has 1 aromatic carbocycles. The number of halogens is 2. The van der Waals surface area contributed by atoms with E-state index in [2.05, 4.69) is 12.2 Å². The summed E-state index contributed by atoms with van der Waals surface area (Å²) >= 11 is 1.89. The third-order valence-electron chi connectivity index (χ3n) is 3.87. The van der Waals surface area contributed by atoms with Crippen LogP contribution < -0.4 is 5.32 Å². The quantitative estimate of drug-likeness (QED) is 0.808. The van der Waals surface area contributed by atoms with E-state index in [1.807, 2.05) is 22.7 Å². The highest BCUT2D eigenvalue weighted by atomic mass is 35.5. The molecule has 0 saturated carbocycles. The maximum absolute atomic E-state index is 13.8. The van der Waals surface area contributed by atoms with Crippen molar-refractivity contribution in [3.8, 4) is 0 Å². The van der Waals surface area contributed by atoms with Gasteiger partial charge in [-0.15, -0.1) is 12.4 Å². The summed E-state index contributed by atoms with van der Waals surface area (Å²) in [6.07, 6.45) is 2.48. The fourth-order valence-corrected chi connectivity index (χ4v) is 3.51. The van der Waals surface area contributed by atoms with Gasteiger partial charge in [-0.1, -0.05) is 31.5 Å². The van der Waals surface area contributed by atoms with E-state index in [0.29, 0.717) is 25.1 Å². The van der Waals surface area contributed by atoms with Crippen LogP contribution in [0.15, 0.2) is 24.3 Å². The summed E-state index contributed by atoms with van der Waals surface area (Å²) in [5.74, 6) is 1.98. The zero-order chi connectivity index (χ0) is 15.8. The highest BCUT2D eigenvalue weighted by Gasteiger charge is 2.21. The van der Waals surface area contributed by atoms with Gasteiger partial charge in [0.25, 0.3) is 0 Å². The minimum Gasteiger partial charge on any atom is -0.338 e. The summed E-state index contributed by atoms with van der Waals surface area (Å²) in [6.45, 7) is 4.13. The van der Waals surface area contributed by atoms with Gasteiger partial charge >= 0.3 is 0 Å². The van der Waals surface area contributed by atoms with Crippen molar-refractivity contribution in [2.75, 3.05) is 24.6 Å². The predicted octanol–water partition coefficient (Wildman–Crippen LogP) is 3.47. The second-order valence-corrected chi connectivity index (χ2v) is 6.84. The Morgan fingerprint density at radius 1 is 1.43 bits per heavy atom. The highest BCUT2D eigenvalue weighted by Crippen LogP contribution is 2.15. The lowest BCUT2D eigenvalue weighted by Crippen LogP contribution is -2.42. The van der Waals surface area contributed by atoms with Crippen molar-refractivity contribution in [2.24, 2.45) is 0 Å². The molecule has 1 fully saturated rings. The van der Waals surface area contributed by atoms with Gasteiger partial charge in [-0.2, -0.15) is 11.8 Å². The zero-order valence-corrected chi connectivity index (χ0v) is 15.2. The molecule has 1 heterocycles. The lowest BCUT2D eigenvalue weighted by atomic mass is 10.1. The van der Waals surface area contributed by atoms with Gasteiger partial charge < -0.3 is 10.2 Å². The Hall–Kier alpha value is -0.780. The van der Waals surface area contributed by atoms with Gasteiger partial charge in [0.2, 0.25) is 5.91 Å². The Morgan fingerprint density at radius 2 is 2.22 bits per heavy atom. The fourth-order valence-electron chi connectivity index (χ4n) is 2.56. The van der Waals surface area contributed by atoms with Crippen molar-refractivity contribution in [1.82, 2.24) is 10.2 Å². The molecule has 2 rings (SSSR count). The first-order chi connectivity index (χ1) is 10.7. The molecule has 23 heavy (non-hydrogen) atoms. The molecule has 1 saturated heterocycles. The lowest BCUT2D eigenvalue weighted by molar-refractivity contribution is -0.132. The minimum atomic E-state index is -0.233. The van der Waals surface area contributed by atoms with E-state index < -0.39 is 0 Å². The molecular weight excluding hydrogens is 335 g/mol. The molecule has 130 valence electrons. The molecule has 0 aliphatic carbocycles. The second-order valence-electron chi connectivity index (χ2n) is 5.69. The van der Waals surface area contributed by atoms with Crippen LogP contribution in [-0.4, -0.2) is 41.4 Å². The number of amides is 1. The van der Waals surface area contributed by atoms with Crippen molar-refractivity contribution < 1.29 is 9.18 Å². The average Bonchev–Trinajstić information content (AvgIpc) is 2.54. The van der Waals surface area contributed by atoms with E-state index in [-0.39, 0.29) is 30.2 Å². The SMILES string of the molecule is CCCCN(Cc1ccccc1F)C(=O)CC1CSCCN1.Cl. The molecule has 1 unspecified atom stereocenters. The molecule has 0 radical (unpaired) electrons. The molecule has 1 aromatic rings. The number of benzene rings is 1. The summed E-state index contributed by atoms with van der Waals surface area (Å²) in [7, 11) is 0. The van der Waals surface area contributed by atoms with E-state index in [1.165, 1.54) is 6.07 Å². The van der Waals surface area contributed by atoms with Crippen LogP contribution in [0.3, 0.4) is 0 Å². The number of hydrogen-bond acceptors (Lipinski definition) is 3. The van der Waals surface area contributed by atoms with Crippen LogP contribution in [-0.2, 0) is 11.3 Å². The molecule has 3 nitrogen and oxygen atoms in total. The Bertz CT molecular complexity index is 483. The number of rotatable bonds is 7. The van der Waals surface area contributed by atoms with Crippen LogP contribution in [0.5, 0.6) is 0 Å². The molecule has 0 aromatic heterocycles. The molecule has 1 aliphatic rings. The number of carbonyl (C=O) groups is 1. The lowest BCUT2D eigenvalue weighted by Gasteiger charge is -2.27. The smallest absolute Gasteiger partial charge is 0.224 e. The molecule has 1 N–H and O–H groups in total. The first-order valence-electron chi connectivity index (χ1n) is 8.03. The summed E-state index contributed by atoms with van der Waals surface area (Å²) < 4.78 is 13.8. The van der Waals surface area contributed by atoms with Crippen LogP contribution in [0, 0.1) is 5.82 Å². The van der Waals surface area contributed by atoms with E-state index in [1.54, 1.807) is 12.1 Å². The van der Waals surface area contributed by atoms with Gasteiger partial charge in [0.15, 0.2) is 0 Å². The maximum Gasteiger partial charge on any atom is 0.224 e. The van der Waals surface area contributed by atoms with Gasteiger partial charge in [0, 0.05) is 49.2 Å². The zero-order valence-electron chi connectivity index (χ0n) is 13.6. The van der Waals surface area contributed by atoms with Crippen molar-refractivity contribution in [1.29, 1.82) is 0 Å². The standard InChI is InChI=1S/C17H25FN2OS.ClH/c1-2-3-9-20(12-14-6-4-5-7-16(14)18)17(21)11-15-13-22-10-8-19-15;/h4-7,15,19H,2-3,8-13H2,1H3;1H. The molecule has 1 atom stereocenters. The monoisotopic (exact) mass is 360 g/mol. The van der Waals surface area contributed by atoms with Gasteiger partial charge in [0.05, 0.1) is 0 Å². The van der Waals surface area contributed by atoms with Crippen LogP contribution >= 0.6 is 24.2 Å². The van der Waals surface area contributed by atoms with Crippen LogP contribution in [0.1, 0.15) is 31.7 Å². The van der Waals surface area contributed by atoms with E-state index in [9.17, 15) is 9.18 Å². The first-order valence-corrected chi connectivity index (χ1v) is 9.18. The highest BCUT2D eigenvalue weighted by molar-refractivity contribution is 7.99. The molecule has 0 bridgehead atoms. The Balaban J connectivity index is 0.00000264. The molecular formula is C17H26ClFN2OS. The number of hydrogen-bond donors (Lipinski definition) is 1. The number of nitrogens with one attached hydrogen (secondary N) is 1. The largest absolute Gasteiger partial charge is 0.338 e. The van der Waals surface area contributed by atoms with Gasteiger partial charge in [-0.05, 0) is 12.5 Å². The number of unbranched alkanes of at least 4 members (excludes halogenated alkanes) is 1. The second kappa shape index (κ2) is 10.9. The third-order valence-corrected chi connectivity index (χ3v) is 5.00. The van der Waals surface area contributed by atoms with Crippen molar-refractivity contribution in [3.63, 3.8) is 0 Å². The van der Waals surface area contributed by atoms with Gasteiger partial charge in [-0.3, -0.25) is 4.79 Å². The van der Waals surface area contributed by atoms with Crippen molar-refractivity contribution >= 4 is 30.1 Å². The Morgan fingerprint density at radius 3 is 2.87 bits per heavy atom. The van der Waals surface area contributed by atoms with E-state index >= 15 is 0 Å². The van der Waals surface area contributed by atoms with Crippen molar-refractivity contribution in [3.05, 3.63) is 35.6 Å². The van der Waals surface area contributed by atoms with Crippen molar-refractivity contribution in [2.45, 2.75) is 38.8 Å². The first kappa shape index (κ1) is 20.3. The molecule has 1 amide bonds. The normalized spacial score (nSPS) is 17.4. The van der Waals surface area contributed by atoms with Gasteiger partial charge in [0.1, 0.15) is 5.82 Å². The third kappa shape index (κ3) is 6.69. The van der Waals surface area contributed by atoms with E-state index in [0.717, 1.165) is 30.9 Å². The van der Waals surface area contributed by atoms with Gasteiger partial charge in [-0.25, -0.2) is 4.39 Å². The summed E-state index contributed by atoms with van der Waals surface area (Å²) in [5.41, 5.74) is 0.595. The van der Waals surface area contributed by atoms with Crippen LogP contribution in [0.25, 0.3) is 0 Å². The molecule has 0 spiro atoms. The number of thioether (sulfide) groups is 1. The number of carbonyl (C=O) groups excluding carboxylic acids is 1. The summed E-state index contributed by atoms with van der Waals surface area (Å²) in [6, 6.07) is 6.96. The summed E-state index contributed by atoms with van der Waals surface area (Å²) in [5, 5.41) is 3.39. The van der Waals surface area contributed by atoms with E-state index in [4.69, 9.17) is 0 Å².